The van der Waals surface area contributed by atoms with Crippen molar-refractivity contribution in [2.24, 2.45) is 5.14 Å². The van der Waals surface area contributed by atoms with Crippen LogP contribution in [0.5, 0.6) is 0 Å². The third-order valence-electron chi connectivity index (χ3n) is 4.88. The van der Waals surface area contributed by atoms with Gasteiger partial charge in [0.25, 0.3) is 5.91 Å². The summed E-state index contributed by atoms with van der Waals surface area (Å²) in [7, 11) is -2.14. The van der Waals surface area contributed by atoms with Gasteiger partial charge in [0.2, 0.25) is 10.0 Å². The molecule has 152 valence electrons. The largest absolute Gasteiger partial charge is 0.335 e. The van der Waals surface area contributed by atoms with Gasteiger partial charge in [0.15, 0.2) is 0 Å². The maximum atomic E-state index is 13.1. The lowest BCUT2D eigenvalue weighted by atomic mass is 10.1. The summed E-state index contributed by atoms with van der Waals surface area (Å²) >= 11 is 3.40. The summed E-state index contributed by atoms with van der Waals surface area (Å²) in [4.78, 5) is 14.7. The SMILES string of the molecule is Cc1c(C(=O)N(C)C(C)c2cccc(S(N)(=O)=O)c2)cnn1-c1ccc(Br)cc1. The smallest absolute Gasteiger partial charge is 0.257 e. The second kappa shape index (κ2) is 8.10. The standard InChI is InChI=1S/C20H21BrN4O3S/c1-13(15-5-4-6-18(11-15)29(22,27)28)24(3)20(26)19-12-23-25(14(19)2)17-9-7-16(21)8-10-17/h4-13H,1-3H3,(H2,22,27,28). The minimum Gasteiger partial charge on any atom is -0.335 e. The van der Waals surface area contributed by atoms with Gasteiger partial charge in [-0.2, -0.15) is 5.10 Å². The summed E-state index contributed by atoms with van der Waals surface area (Å²) in [6, 6.07) is 13.6. The van der Waals surface area contributed by atoms with E-state index in [-0.39, 0.29) is 16.8 Å². The molecule has 1 amide bonds. The maximum absolute atomic E-state index is 13.1. The second-order valence-corrected chi connectivity index (χ2v) is 9.22. The highest BCUT2D eigenvalue weighted by molar-refractivity contribution is 9.10. The van der Waals surface area contributed by atoms with Gasteiger partial charge in [-0.1, -0.05) is 28.1 Å². The van der Waals surface area contributed by atoms with E-state index in [1.54, 1.807) is 35.0 Å². The van der Waals surface area contributed by atoms with E-state index in [1.807, 2.05) is 38.1 Å². The van der Waals surface area contributed by atoms with Crippen LogP contribution in [-0.4, -0.2) is 36.1 Å². The summed E-state index contributed by atoms with van der Waals surface area (Å²) in [5.41, 5.74) is 2.71. The van der Waals surface area contributed by atoms with E-state index in [1.165, 1.54) is 12.1 Å². The van der Waals surface area contributed by atoms with Crippen molar-refractivity contribution in [3.05, 3.63) is 76.0 Å². The molecule has 0 aliphatic heterocycles. The zero-order chi connectivity index (χ0) is 21.3. The molecule has 0 saturated carbocycles. The first-order chi connectivity index (χ1) is 13.6. The number of nitrogens with zero attached hydrogens (tertiary/aromatic N) is 3. The highest BCUT2D eigenvalue weighted by Crippen LogP contribution is 2.24. The van der Waals surface area contributed by atoms with Gasteiger partial charge in [0.05, 0.1) is 34.1 Å². The number of amides is 1. The van der Waals surface area contributed by atoms with Crippen molar-refractivity contribution < 1.29 is 13.2 Å². The molecule has 2 aromatic carbocycles. The van der Waals surface area contributed by atoms with Crippen molar-refractivity contribution in [2.75, 3.05) is 7.05 Å². The molecular formula is C20H21BrN4O3S. The molecule has 1 aromatic heterocycles. The van der Waals surface area contributed by atoms with E-state index in [0.29, 0.717) is 11.1 Å². The van der Waals surface area contributed by atoms with Crippen LogP contribution in [-0.2, 0) is 10.0 Å². The van der Waals surface area contributed by atoms with Crippen LogP contribution in [0.1, 0.15) is 34.6 Å². The Morgan fingerprint density at radius 1 is 1.21 bits per heavy atom. The molecule has 0 bridgehead atoms. The molecule has 0 aliphatic rings. The summed E-state index contributed by atoms with van der Waals surface area (Å²) in [5, 5.41) is 9.57. The molecule has 1 heterocycles. The molecule has 7 nitrogen and oxygen atoms in total. The van der Waals surface area contributed by atoms with Crippen LogP contribution in [0.3, 0.4) is 0 Å². The number of carbonyl (C=O) groups is 1. The second-order valence-electron chi connectivity index (χ2n) is 6.74. The Kier molecular flexibility index (Phi) is 5.92. The van der Waals surface area contributed by atoms with Crippen molar-refractivity contribution in [2.45, 2.75) is 24.8 Å². The third kappa shape index (κ3) is 4.42. The minimum absolute atomic E-state index is 0.0157. The van der Waals surface area contributed by atoms with Crippen molar-refractivity contribution in [1.29, 1.82) is 0 Å². The van der Waals surface area contributed by atoms with Gasteiger partial charge >= 0.3 is 0 Å². The molecule has 2 N–H and O–H groups in total. The highest BCUT2D eigenvalue weighted by atomic mass is 79.9. The van der Waals surface area contributed by atoms with Gasteiger partial charge in [0, 0.05) is 11.5 Å². The molecule has 0 radical (unpaired) electrons. The molecule has 3 aromatic rings. The minimum atomic E-state index is -3.81. The molecule has 0 fully saturated rings. The van der Waals surface area contributed by atoms with E-state index in [0.717, 1.165) is 15.9 Å². The molecule has 29 heavy (non-hydrogen) atoms. The third-order valence-corrected chi connectivity index (χ3v) is 6.32. The fraction of sp³-hybridized carbons (Fsp3) is 0.200. The fourth-order valence-corrected chi connectivity index (χ4v) is 3.84. The van der Waals surface area contributed by atoms with E-state index >= 15 is 0 Å². The number of primary sulfonamides is 1. The van der Waals surface area contributed by atoms with Crippen molar-refractivity contribution >= 4 is 31.9 Å². The normalized spacial score (nSPS) is 12.6. The number of benzene rings is 2. The van der Waals surface area contributed by atoms with Crippen molar-refractivity contribution in [3.63, 3.8) is 0 Å². The first kappa shape index (κ1) is 21.2. The summed E-state index contributed by atoms with van der Waals surface area (Å²) in [5.74, 6) is -0.209. The van der Waals surface area contributed by atoms with Crippen LogP contribution in [0.25, 0.3) is 5.69 Å². The zero-order valence-corrected chi connectivity index (χ0v) is 18.6. The molecule has 0 saturated heterocycles. The molecule has 9 heteroatoms. The number of halogens is 1. The lowest BCUT2D eigenvalue weighted by Crippen LogP contribution is -2.30. The van der Waals surface area contributed by atoms with Crippen LogP contribution >= 0.6 is 15.9 Å². The van der Waals surface area contributed by atoms with Gasteiger partial charge in [0.1, 0.15) is 0 Å². The summed E-state index contributed by atoms with van der Waals surface area (Å²) in [6.45, 7) is 3.66. The van der Waals surface area contributed by atoms with Gasteiger partial charge in [-0.05, 0) is 55.8 Å². The first-order valence-corrected chi connectivity index (χ1v) is 11.1. The number of carbonyl (C=O) groups excluding carboxylic acids is 1. The molecule has 0 spiro atoms. The molecular weight excluding hydrogens is 456 g/mol. The first-order valence-electron chi connectivity index (χ1n) is 8.80. The maximum Gasteiger partial charge on any atom is 0.257 e. The monoisotopic (exact) mass is 476 g/mol. The Balaban J connectivity index is 1.88. The van der Waals surface area contributed by atoms with Crippen LogP contribution in [0.4, 0.5) is 0 Å². The van der Waals surface area contributed by atoms with Crippen molar-refractivity contribution in [1.82, 2.24) is 14.7 Å². The Bertz CT molecular complexity index is 1160. The molecule has 3 rings (SSSR count). The van der Waals surface area contributed by atoms with Crippen LogP contribution < -0.4 is 5.14 Å². The Labute approximate surface area is 178 Å². The fourth-order valence-electron chi connectivity index (χ4n) is 3.00. The average molecular weight is 477 g/mol. The molecule has 1 unspecified atom stereocenters. The predicted molar refractivity (Wildman–Crippen MR) is 114 cm³/mol. The quantitative estimate of drug-likeness (QED) is 0.609. The Morgan fingerprint density at radius 3 is 2.48 bits per heavy atom. The van der Waals surface area contributed by atoms with Crippen LogP contribution in [0, 0.1) is 6.92 Å². The van der Waals surface area contributed by atoms with E-state index < -0.39 is 10.0 Å². The highest BCUT2D eigenvalue weighted by Gasteiger charge is 2.24. The Morgan fingerprint density at radius 2 is 1.86 bits per heavy atom. The predicted octanol–water partition coefficient (Wildman–Crippen LogP) is 3.42. The van der Waals surface area contributed by atoms with E-state index in [9.17, 15) is 13.2 Å². The van der Waals surface area contributed by atoms with E-state index in [2.05, 4.69) is 21.0 Å². The Hall–Kier alpha value is -2.49. The summed E-state index contributed by atoms with van der Waals surface area (Å²) in [6.07, 6.45) is 1.55. The van der Waals surface area contributed by atoms with Crippen LogP contribution in [0.15, 0.2) is 64.1 Å². The van der Waals surface area contributed by atoms with Crippen molar-refractivity contribution in [3.8, 4) is 5.69 Å². The van der Waals surface area contributed by atoms with Gasteiger partial charge in [-0.25, -0.2) is 18.2 Å². The number of hydrogen-bond donors (Lipinski definition) is 1. The average Bonchev–Trinajstić information content (AvgIpc) is 3.07. The number of nitrogens with two attached hydrogens (primary N) is 1. The molecule has 0 aliphatic carbocycles. The number of rotatable bonds is 5. The van der Waals surface area contributed by atoms with Gasteiger partial charge in [-0.15, -0.1) is 0 Å². The zero-order valence-electron chi connectivity index (χ0n) is 16.2. The number of hydrogen-bond acceptors (Lipinski definition) is 4. The topological polar surface area (TPSA) is 98.3 Å². The van der Waals surface area contributed by atoms with Gasteiger partial charge < -0.3 is 4.90 Å². The molecule has 1 atom stereocenters. The lowest BCUT2D eigenvalue weighted by molar-refractivity contribution is 0.0741. The van der Waals surface area contributed by atoms with Crippen LogP contribution in [0.2, 0.25) is 0 Å². The van der Waals surface area contributed by atoms with Gasteiger partial charge in [-0.3, -0.25) is 4.79 Å². The number of sulfonamides is 1. The lowest BCUT2D eigenvalue weighted by Gasteiger charge is -2.25. The number of aromatic nitrogens is 2. The van der Waals surface area contributed by atoms with E-state index in [4.69, 9.17) is 5.14 Å². The summed E-state index contributed by atoms with van der Waals surface area (Å²) < 4.78 is 25.9.